The van der Waals surface area contributed by atoms with E-state index in [1.165, 1.54) is 116 Å². The summed E-state index contributed by atoms with van der Waals surface area (Å²) in [7, 11) is 0. The Morgan fingerprint density at radius 2 is 0.960 bits per heavy atom. The summed E-state index contributed by atoms with van der Waals surface area (Å²) in [5.41, 5.74) is 0. The molecule has 0 spiro atoms. The molecule has 0 aliphatic carbocycles. The van der Waals surface area contributed by atoms with Gasteiger partial charge in [0.25, 0.3) is 0 Å². The summed E-state index contributed by atoms with van der Waals surface area (Å²) in [6.07, 6.45) is 44.2. The molecule has 3 N–H and O–H groups in total. The molecular weight excluding hydrogens is 622 g/mol. The van der Waals surface area contributed by atoms with Crippen molar-refractivity contribution in [2.75, 3.05) is 13.2 Å². The number of hydrogen-bond acceptors (Lipinski definition) is 5. The topological polar surface area (TPSA) is 95.9 Å². The predicted octanol–water partition coefficient (Wildman–Crippen LogP) is 12.0. The fraction of sp³-hybridized carbons (Fsp3) is 0.864. The summed E-state index contributed by atoms with van der Waals surface area (Å²) >= 11 is 0. The summed E-state index contributed by atoms with van der Waals surface area (Å²) in [5, 5.41) is 23.0. The van der Waals surface area contributed by atoms with E-state index >= 15 is 0 Å². The number of unbranched alkanes of at least 4 members (excludes halogenated alkanes) is 24. The molecule has 0 aromatic carbocycles. The highest BCUT2D eigenvalue weighted by molar-refractivity contribution is 5.76. The molecule has 0 saturated heterocycles. The minimum absolute atomic E-state index is 0.0249. The van der Waals surface area contributed by atoms with Crippen LogP contribution in [0.1, 0.15) is 219 Å². The number of ether oxygens (including phenoxy) is 1. The van der Waals surface area contributed by atoms with Crippen LogP contribution in [0.2, 0.25) is 0 Å². The first kappa shape index (κ1) is 48.3. The van der Waals surface area contributed by atoms with Crippen LogP contribution < -0.4 is 5.32 Å². The van der Waals surface area contributed by atoms with Gasteiger partial charge in [0.1, 0.15) is 0 Å². The van der Waals surface area contributed by atoms with Crippen LogP contribution in [0.15, 0.2) is 24.3 Å². The van der Waals surface area contributed by atoms with E-state index in [1.54, 1.807) is 0 Å². The van der Waals surface area contributed by atoms with Crippen LogP contribution in [-0.4, -0.2) is 47.4 Å². The third kappa shape index (κ3) is 36.1. The monoisotopic (exact) mass is 706 g/mol. The molecule has 6 nitrogen and oxygen atoms in total. The Balaban J connectivity index is 3.51. The van der Waals surface area contributed by atoms with Gasteiger partial charge in [0.15, 0.2) is 0 Å². The van der Waals surface area contributed by atoms with E-state index in [-0.39, 0.29) is 18.5 Å². The van der Waals surface area contributed by atoms with Gasteiger partial charge < -0.3 is 20.3 Å². The molecule has 0 aromatic heterocycles. The maximum Gasteiger partial charge on any atom is 0.305 e. The largest absolute Gasteiger partial charge is 0.466 e. The Kier molecular flexibility index (Phi) is 38.8. The zero-order valence-electron chi connectivity index (χ0n) is 33.1. The van der Waals surface area contributed by atoms with Crippen LogP contribution in [0.25, 0.3) is 0 Å². The van der Waals surface area contributed by atoms with E-state index in [1.807, 2.05) is 0 Å². The normalized spacial score (nSPS) is 13.0. The molecule has 0 fully saturated rings. The van der Waals surface area contributed by atoms with Crippen molar-refractivity contribution < 1.29 is 24.5 Å². The van der Waals surface area contributed by atoms with E-state index in [4.69, 9.17) is 4.74 Å². The quantitative estimate of drug-likeness (QED) is 0.0336. The summed E-state index contributed by atoms with van der Waals surface area (Å²) in [6.45, 7) is 4.83. The van der Waals surface area contributed by atoms with Gasteiger partial charge in [-0.2, -0.15) is 0 Å². The summed E-state index contributed by atoms with van der Waals surface area (Å²) in [4.78, 5) is 24.3. The maximum absolute atomic E-state index is 12.3. The molecule has 294 valence electrons. The standard InChI is InChI=1S/C44H83NO5/c1-3-5-7-9-11-13-17-22-26-30-34-38-44(49)50-39-35-31-27-23-19-16-14-15-18-21-25-29-33-37-43(48)45-41(40-46)42(47)36-32-28-24-20-12-10-8-6-4-2/h9,11,15,18,41-42,46-47H,3-8,10,12-14,16-17,19-40H2,1-2H3,(H,45,48)/b11-9-,18-15-. The van der Waals surface area contributed by atoms with Crippen molar-refractivity contribution in [1.82, 2.24) is 5.32 Å². The van der Waals surface area contributed by atoms with E-state index in [9.17, 15) is 19.8 Å². The minimum atomic E-state index is -0.678. The highest BCUT2D eigenvalue weighted by atomic mass is 16.5. The van der Waals surface area contributed by atoms with Gasteiger partial charge in [-0.1, -0.05) is 160 Å². The van der Waals surface area contributed by atoms with Gasteiger partial charge in [0.05, 0.1) is 25.4 Å². The van der Waals surface area contributed by atoms with Crippen molar-refractivity contribution >= 4 is 11.9 Å². The molecule has 0 bridgehead atoms. The second kappa shape index (κ2) is 40.1. The van der Waals surface area contributed by atoms with Crippen LogP contribution in [0.5, 0.6) is 0 Å². The Morgan fingerprint density at radius 3 is 1.50 bits per heavy atom. The van der Waals surface area contributed by atoms with Crippen molar-refractivity contribution in [2.24, 2.45) is 0 Å². The van der Waals surface area contributed by atoms with Gasteiger partial charge in [-0.15, -0.1) is 0 Å². The number of carbonyl (C=O) groups is 2. The van der Waals surface area contributed by atoms with Crippen molar-refractivity contribution in [3.8, 4) is 0 Å². The third-order valence-corrected chi connectivity index (χ3v) is 9.72. The highest BCUT2D eigenvalue weighted by Crippen LogP contribution is 2.14. The van der Waals surface area contributed by atoms with Crippen molar-refractivity contribution in [2.45, 2.75) is 231 Å². The number of aliphatic hydroxyl groups excluding tert-OH is 2. The van der Waals surface area contributed by atoms with Gasteiger partial charge in [-0.3, -0.25) is 9.59 Å². The lowest BCUT2D eigenvalue weighted by Crippen LogP contribution is -2.45. The molecule has 0 aliphatic heterocycles. The number of aliphatic hydroxyl groups is 2. The molecule has 2 atom stereocenters. The molecule has 50 heavy (non-hydrogen) atoms. The SMILES string of the molecule is CCCC/C=C\CCCCCCCC(=O)OCCCCCCCC/C=C\CCCCCC(=O)NC(CO)C(O)CCCCCCCCCCC. The molecule has 0 rings (SSSR count). The maximum atomic E-state index is 12.3. The molecule has 0 saturated carbocycles. The molecule has 0 aliphatic rings. The average Bonchev–Trinajstić information content (AvgIpc) is 3.11. The summed E-state index contributed by atoms with van der Waals surface area (Å²) < 4.78 is 5.42. The average molecular weight is 706 g/mol. The molecular formula is C44H83NO5. The van der Waals surface area contributed by atoms with Crippen LogP contribution >= 0.6 is 0 Å². The zero-order chi connectivity index (χ0) is 36.6. The number of esters is 1. The second-order valence-electron chi connectivity index (χ2n) is 14.7. The van der Waals surface area contributed by atoms with Crippen molar-refractivity contribution in [3.05, 3.63) is 24.3 Å². The lowest BCUT2D eigenvalue weighted by Gasteiger charge is -2.22. The fourth-order valence-corrected chi connectivity index (χ4v) is 6.32. The Labute approximate surface area is 310 Å². The summed E-state index contributed by atoms with van der Waals surface area (Å²) in [5.74, 6) is -0.0944. The highest BCUT2D eigenvalue weighted by Gasteiger charge is 2.20. The smallest absolute Gasteiger partial charge is 0.305 e. The van der Waals surface area contributed by atoms with Crippen molar-refractivity contribution in [1.29, 1.82) is 0 Å². The first-order valence-corrected chi connectivity index (χ1v) is 21.6. The molecule has 0 aromatic rings. The lowest BCUT2D eigenvalue weighted by molar-refractivity contribution is -0.143. The number of carbonyl (C=O) groups excluding carboxylic acids is 2. The third-order valence-electron chi connectivity index (χ3n) is 9.72. The Hall–Kier alpha value is -1.66. The Bertz CT molecular complexity index is 782. The van der Waals surface area contributed by atoms with Gasteiger partial charge in [-0.25, -0.2) is 0 Å². The van der Waals surface area contributed by atoms with Gasteiger partial charge >= 0.3 is 5.97 Å². The fourth-order valence-electron chi connectivity index (χ4n) is 6.32. The molecule has 0 radical (unpaired) electrons. The molecule has 2 unspecified atom stereocenters. The minimum Gasteiger partial charge on any atom is -0.466 e. The number of allylic oxidation sites excluding steroid dienone is 4. The van der Waals surface area contributed by atoms with Crippen molar-refractivity contribution in [3.63, 3.8) is 0 Å². The van der Waals surface area contributed by atoms with E-state index in [0.29, 0.717) is 25.9 Å². The zero-order valence-corrected chi connectivity index (χ0v) is 33.1. The van der Waals surface area contributed by atoms with Crippen LogP contribution in [0.3, 0.4) is 0 Å². The van der Waals surface area contributed by atoms with E-state index in [2.05, 4.69) is 43.5 Å². The first-order chi connectivity index (χ1) is 24.5. The second-order valence-corrected chi connectivity index (χ2v) is 14.7. The van der Waals surface area contributed by atoms with Gasteiger partial charge in [0.2, 0.25) is 5.91 Å². The van der Waals surface area contributed by atoms with Crippen LogP contribution in [-0.2, 0) is 14.3 Å². The Morgan fingerprint density at radius 1 is 0.540 bits per heavy atom. The molecule has 6 heteroatoms. The number of rotatable bonds is 39. The van der Waals surface area contributed by atoms with Gasteiger partial charge in [-0.05, 0) is 70.6 Å². The molecule has 0 heterocycles. The number of amides is 1. The van der Waals surface area contributed by atoms with Gasteiger partial charge in [0, 0.05) is 12.8 Å². The van der Waals surface area contributed by atoms with Crippen LogP contribution in [0, 0.1) is 0 Å². The number of nitrogens with one attached hydrogen (secondary N) is 1. The summed E-state index contributed by atoms with van der Waals surface area (Å²) in [6, 6.07) is -0.559. The number of hydrogen-bond donors (Lipinski definition) is 3. The predicted molar refractivity (Wildman–Crippen MR) is 213 cm³/mol. The lowest BCUT2D eigenvalue weighted by atomic mass is 10.0. The van der Waals surface area contributed by atoms with Crippen LogP contribution in [0.4, 0.5) is 0 Å². The van der Waals surface area contributed by atoms with E-state index < -0.39 is 12.1 Å². The molecule has 1 amide bonds. The first-order valence-electron chi connectivity index (χ1n) is 21.6. The van der Waals surface area contributed by atoms with E-state index in [0.717, 1.165) is 70.6 Å².